The quantitative estimate of drug-likeness (QED) is 0.761. The van der Waals surface area contributed by atoms with Gasteiger partial charge in [-0.1, -0.05) is 24.6 Å². The molecule has 0 aliphatic carbocycles. The van der Waals surface area contributed by atoms with E-state index in [1.54, 1.807) is 16.8 Å². The first-order chi connectivity index (χ1) is 8.22. The molecule has 0 radical (unpaired) electrons. The molecule has 0 aromatic carbocycles. The lowest BCUT2D eigenvalue weighted by Crippen LogP contribution is -2.22. The van der Waals surface area contributed by atoms with Gasteiger partial charge in [0.2, 0.25) is 0 Å². The Kier molecular flexibility index (Phi) is 3.53. The number of rotatable bonds is 4. The van der Waals surface area contributed by atoms with Crippen LogP contribution in [0.1, 0.15) is 19.2 Å². The molecule has 0 saturated carbocycles. The standard InChI is InChI=1S/C10H12ClN5O/c1-2-6-16-9(12-13-14-16)7-15-8(11)4-3-5-10(15)17/h3-5H,2,6-7H2,1H3. The molecule has 2 rings (SSSR count). The van der Waals surface area contributed by atoms with Crippen LogP contribution in [-0.2, 0) is 13.1 Å². The molecule has 0 saturated heterocycles. The second kappa shape index (κ2) is 5.09. The third-order valence-electron chi connectivity index (χ3n) is 2.34. The van der Waals surface area contributed by atoms with Gasteiger partial charge in [0.1, 0.15) is 5.15 Å². The third-order valence-corrected chi connectivity index (χ3v) is 2.67. The van der Waals surface area contributed by atoms with Crippen molar-refractivity contribution in [3.63, 3.8) is 0 Å². The summed E-state index contributed by atoms with van der Waals surface area (Å²) in [7, 11) is 0. The molecule has 0 aliphatic heterocycles. The highest BCUT2D eigenvalue weighted by Crippen LogP contribution is 2.06. The number of tetrazole rings is 1. The summed E-state index contributed by atoms with van der Waals surface area (Å²) in [6, 6.07) is 4.74. The number of pyridine rings is 1. The number of halogens is 1. The van der Waals surface area contributed by atoms with Crippen LogP contribution in [0, 0.1) is 0 Å². The van der Waals surface area contributed by atoms with Crippen molar-refractivity contribution in [1.82, 2.24) is 24.8 Å². The lowest BCUT2D eigenvalue weighted by Gasteiger charge is -2.07. The number of nitrogens with zero attached hydrogens (tertiary/aromatic N) is 5. The molecule has 6 nitrogen and oxygen atoms in total. The predicted molar refractivity (Wildman–Crippen MR) is 62.9 cm³/mol. The molecule has 90 valence electrons. The molecule has 0 spiro atoms. The summed E-state index contributed by atoms with van der Waals surface area (Å²) < 4.78 is 3.11. The van der Waals surface area contributed by atoms with E-state index in [-0.39, 0.29) is 12.1 Å². The van der Waals surface area contributed by atoms with Gasteiger partial charge in [-0.15, -0.1) is 5.10 Å². The Hall–Kier alpha value is -1.69. The van der Waals surface area contributed by atoms with Gasteiger partial charge in [0.15, 0.2) is 5.82 Å². The van der Waals surface area contributed by atoms with Gasteiger partial charge in [-0.2, -0.15) is 0 Å². The van der Waals surface area contributed by atoms with Gasteiger partial charge < -0.3 is 0 Å². The van der Waals surface area contributed by atoms with Crippen molar-refractivity contribution in [2.24, 2.45) is 0 Å². The highest BCUT2D eigenvalue weighted by atomic mass is 35.5. The van der Waals surface area contributed by atoms with Crippen LogP contribution >= 0.6 is 11.6 Å². The number of hydrogen-bond acceptors (Lipinski definition) is 4. The fraction of sp³-hybridized carbons (Fsp3) is 0.400. The maximum absolute atomic E-state index is 11.6. The molecule has 0 bridgehead atoms. The lowest BCUT2D eigenvalue weighted by atomic mass is 10.4. The SMILES string of the molecule is CCCn1nnnc1Cn1c(Cl)cccc1=O. The fourth-order valence-corrected chi connectivity index (χ4v) is 1.73. The minimum atomic E-state index is -0.163. The van der Waals surface area contributed by atoms with Gasteiger partial charge in [0, 0.05) is 12.6 Å². The highest BCUT2D eigenvalue weighted by Gasteiger charge is 2.08. The van der Waals surface area contributed by atoms with E-state index in [1.807, 2.05) is 6.92 Å². The molecule has 7 heteroatoms. The number of aromatic nitrogens is 5. The Balaban J connectivity index is 2.32. The van der Waals surface area contributed by atoms with Crippen molar-refractivity contribution in [1.29, 1.82) is 0 Å². The molecule has 0 amide bonds. The van der Waals surface area contributed by atoms with E-state index >= 15 is 0 Å². The molecular formula is C10H12ClN5O. The predicted octanol–water partition coefficient (Wildman–Crippen LogP) is 0.946. The smallest absolute Gasteiger partial charge is 0.252 e. The molecule has 0 N–H and O–H groups in total. The zero-order valence-electron chi connectivity index (χ0n) is 9.38. The maximum Gasteiger partial charge on any atom is 0.252 e. The largest absolute Gasteiger partial charge is 0.291 e. The summed E-state index contributed by atoms with van der Waals surface area (Å²) in [4.78, 5) is 11.6. The van der Waals surface area contributed by atoms with Crippen molar-refractivity contribution in [3.8, 4) is 0 Å². The molecule has 2 aromatic heterocycles. The Labute approximate surface area is 103 Å². The lowest BCUT2D eigenvalue weighted by molar-refractivity contribution is 0.541. The average molecular weight is 254 g/mol. The first-order valence-corrected chi connectivity index (χ1v) is 5.70. The first kappa shape index (κ1) is 11.8. The van der Waals surface area contributed by atoms with Crippen LogP contribution in [0.15, 0.2) is 23.0 Å². The van der Waals surface area contributed by atoms with Crippen molar-refractivity contribution < 1.29 is 0 Å². The molecule has 0 atom stereocenters. The Morgan fingerprint density at radius 2 is 2.24 bits per heavy atom. The van der Waals surface area contributed by atoms with Crippen molar-refractivity contribution >= 4 is 11.6 Å². The van der Waals surface area contributed by atoms with Gasteiger partial charge in [-0.05, 0) is 22.9 Å². The minimum absolute atomic E-state index is 0.163. The third kappa shape index (κ3) is 2.52. The summed E-state index contributed by atoms with van der Waals surface area (Å²) in [6.07, 6.45) is 0.926. The summed E-state index contributed by atoms with van der Waals surface area (Å²) in [5.41, 5.74) is -0.163. The minimum Gasteiger partial charge on any atom is -0.291 e. The topological polar surface area (TPSA) is 65.6 Å². The number of aryl methyl sites for hydroxylation is 1. The molecule has 0 unspecified atom stereocenters. The van der Waals surface area contributed by atoms with Gasteiger partial charge in [-0.25, -0.2) is 4.68 Å². The van der Waals surface area contributed by atoms with E-state index in [9.17, 15) is 4.79 Å². The number of hydrogen-bond donors (Lipinski definition) is 0. The first-order valence-electron chi connectivity index (χ1n) is 5.32. The molecule has 0 fully saturated rings. The van der Waals surface area contributed by atoms with Gasteiger partial charge in [-0.3, -0.25) is 9.36 Å². The summed E-state index contributed by atoms with van der Waals surface area (Å²) >= 11 is 5.96. The Morgan fingerprint density at radius 3 is 2.94 bits per heavy atom. The van der Waals surface area contributed by atoms with E-state index in [4.69, 9.17) is 11.6 Å². The van der Waals surface area contributed by atoms with Gasteiger partial charge in [0.05, 0.1) is 6.54 Å². The summed E-state index contributed by atoms with van der Waals surface area (Å²) in [5, 5.41) is 11.7. The fourth-order valence-electron chi connectivity index (χ4n) is 1.51. The Bertz CT molecular complexity index is 562. The van der Waals surface area contributed by atoms with Gasteiger partial charge >= 0.3 is 0 Å². The second-order valence-electron chi connectivity index (χ2n) is 3.59. The van der Waals surface area contributed by atoms with Crippen LogP contribution in [-0.4, -0.2) is 24.8 Å². The van der Waals surface area contributed by atoms with Gasteiger partial charge in [0.25, 0.3) is 5.56 Å². The normalized spacial score (nSPS) is 10.7. The Morgan fingerprint density at radius 1 is 1.41 bits per heavy atom. The van der Waals surface area contributed by atoms with E-state index in [0.29, 0.717) is 11.0 Å². The van der Waals surface area contributed by atoms with Crippen LogP contribution in [0.5, 0.6) is 0 Å². The van der Waals surface area contributed by atoms with Crippen LogP contribution in [0.2, 0.25) is 5.15 Å². The van der Waals surface area contributed by atoms with E-state index in [2.05, 4.69) is 15.5 Å². The van der Waals surface area contributed by atoms with Crippen molar-refractivity contribution in [3.05, 3.63) is 39.5 Å². The van der Waals surface area contributed by atoms with E-state index in [1.165, 1.54) is 10.6 Å². The van der Waals surface area contributed by atoms with Crippen LogP contribution in [0.4, 0.5) is 0 Å². The molecular weight excluding hydrogens is 242 g/mol. The zero-order chi connectivity index (χ0) is 12.3. The molecule has 17 heavy (non-hydrogen) atoms. The molecule has 2 heterocycles. The van der Waals surface area contributed by atoms with Crippen LogP contribution in [0.25, 0.3) is 0 Å². The summed E-state index contributed by atoms with van der Waals surface area (Å²) in [5.74, 6) is 0.627. The van der Waals surface area contributed by atoms with Crippen molar-refractivity contribution in [2.75, 3.05) is 0 Å². The highest BCUT2D eigenvalue weighted by molar-refractivity contribution is 6.29. The molecule has 0 aliphatic rings. The van der Waals surface area contributed by atoms with Crippen LogP contribution < -0.4 is 5.56 Å². The maximum atomic E-state index is 11.6. The average Bonchev–Trinajstić information content (AvgIpc) is 2.72. The summed E-state index contributed by atoms with van der Waals surface area (Å²) in [6.45, 7) is 3.04. The van der Waals surface area contributed by atoms with Crippen molar-refractivity contribution in [2.45, 2.75) is 26.4 Å². The van der Waals surface area contributed by atoms with Crippen LogP contribution in [0.3, 0.4) is 0 Å². The second-order valence-corrected chi connectivity index (χ2v) is 3.98. The molecule has 2 aromatic rings. The zero-order valence-corrected chi connectivity index (χ0v) is 10.1. The monoisotopic (exact) mass is 253 g/mol. The van der Waals surface area contributed by atoms with E-state index in [0.717, 1.165) is 13.0 Å². The van der Waals surface area contributed by atoms with E-state index < -0.39 is 0 Å².